The van der Waals surface area contributed by atoms with Crippen molar-refractivity contribution >= 4 is 5.97 Å². The molecule has 2 heterocycles. The second-order valence-electron chi connectivity index (χ2n) is 4.49. The molecule has 0 saturated carbocycles. The molecule has 0 bridgehead atoms. The maximum atomic E-state index is 10.9. The van der Waals surface area contributed by atoms with Crippen LogP contribution >= 0.6 is 0 Å². The van der Waals surface area contributed by atoms with Crippen molar-refractivity contribution in [3.8, 4) is 0 Å². The molecule has 4 N–H and O–H groups in total. The lowest BCUT2D eigenvalue weighted by atomic mass is 9.95. The van der Waals surface area contributed by atoms with E-state index < -0.39 is 30.3 Å². The summed E-state index contributed by atoms with van der Waals surface area (Å²) >= 11 is 0. The molecular formula is C12H16NO6+. The van der Waals surface area contributed by atoms with Gasteiger partial charge in [-0.1, -0.05) is 0 Å². The summed E-state index contributed by atoms with van der Waals surface area (Å²) in [6.07, 6.45) is -0.365. The number of hydrogen-bond acceptors (Lipinski definition) is 5. The third-order valence-electron chi connectivity index (χ3n) is 3.20. The molecule has 0 amide bonds. The van der Waals surface area contributed by atoms with Crippen LogP contribution in [0, 0.1) is 5.92 Å². The average Bonchev–Trinajstić information content (AvgIpc) is 2.42. The highest BCUT2D eigenvalue weighted by molar-refractivity contribution is 5.86. The maximum Gasteiger partial charge on any atom is 0.341 e. The first-order valence-electron chi connectivity index (χ1n) is 5.87. The van der Waals surface area contributed by atoms with Gasteiger partial charge in [0.25, 0.3) is 6.23 Å². The van der Waals surface area contributed by atoms with Gasteiger partial charge in [-0.25, -0.2) is 4.79 Å². The van der Waals surface area contributed by atoms with Gasteiger partial charge in [-0.3, -0.25) is 0 Å². The van der Waals surface area contributed by atoms with Gasteiger partial charge < -0.3 is 25.2 Å². The van der Waals surface area contributed by atoms with Crippen molar-refractivity contribution in [1.29, 1.82) is 0 Å². The van der Waals surface area contributed by atoms with E-state index in [2.05, 4.69) is 0 Å². The Morgan fingerprint density at radius 3 is 2.79 bits per heavy atom. The predicted molar refractivity (Wildman–Crippen MR) is 61.2 cm³/mol. The Morgan fingerprint density at radius 1 is 1.42 bits per heavy atom. The first-order chi connectivity index (χ1) is 9.04. The molecule has 0 aliphatic carbocycles. The Balaban J connectivity index is 2.22. The van der Waals surface area contributed by atoms with Gasteiger partial charge in [-0.15, -0.1) is 0 Å². The first-order valence-corrected chi connectivity index (χ1v) is 5.87. The molecule has 7 heteroatoms. The van der Waals surface area contributed by atoms with Crippen LogP contribution in [0.4, 0.5) is 0 Å². The van der Waals surface area contributed by atoms with Crippen molar-refractivity contribution in [3.05, 3.63) is 30.1 Å². The summed E-state index contributed by atoms with van der Waals surface area (Å²) in [5.74, 6) is -1.64. The number of hydrogen-bond donors (Lipinski definition) is 4. The molecule has 0 aromatic carbocycles. The van der Waals surface area contributed by atoms with Crippen LogP contribution < -0.4 is 4.57 Å². The summed E-state index contributed by atoms with van der Waals surface area (Å²) < 4.78 is 6.78. The minimum atomic E-state index is -1.24. The van der Waals surface area contributed by atoms with Crippen LogP contribution in [0.3, 0.4) is 0 Å². The zero-order valence-electron chi connectivity index (χ0n) is 10.1. The molecule has 1 aliphatic heterocycles. The molecule has 19 heavy (non-hydrogen) atoms. The normalized spacial score (nSPS) is 31.1. The SMILES string of the molecule is O=C(O)c1ccc[n+]([C@@H]2OC[C@H](CO)[C@H](O)[C@H]2O)c1. The average molecular weight is 270 g/mol. The van der Waals surface area contributed by atoms with E-state index in [0.29, 0.717) is 0 Å². The fraction of sp³-hybridized carbons (Fsp3) is 0.500. The number of aliphatic hydroxyl groups is 3. The van der Waals surface area contributed by atoms with Crippen LogP contribution in [0.2, 0.25) is 0 Å². The third-order valence-corrected chi connectivity index (χ3v) is 3.20. The van der Waals surface area contributed by atoms with Crippen molar-refractivity contribution in [2.75, 3.05) is 13.2 Å². The van der Waals surface area contributed by atoms with Gasteiger partial charge in [0.15, 0.2) is 18.5 Å². The number of aliphatic hydroxyl groups excluding tert-OH is 3. The summed E-state index contributed by atoms with van der Waals surface area (Å²) in [5.41, 5.74) is 0.0528. The van der Waals surface area contributed by atoms with Crippen molar-refractivity contribution in [3.63, 3.8) is 0 Å². The molecule has 1 aliphatic rings. The van der Waals surface area contributed by atoms with Crippen LogP contribution in [0.25, 0.3) is 0 Å². The zero-order valence-corrected chi connectivity index (χ0v) is 10.1. The number of pyridine rings is 1. The Morgan fingerprint density at radius 2 is 2.16 bits per heavy atom. The number of aromatic nitrogens is 1. The third kappa shape index (κ3) is 2.74. The molecule has 2 rings (SSSR count). The van der Waals surface area contributed by atoms with Gasteiger partial charge >= 0.3 is 5.97 Å². The number of carboxylic acids is 1. The van der Waals surface area contributed by atoms with Crippen LogP contribution in [0.5, 0.6) is 0 Å². The van der Waals surface area contributed by atoms with E-state index in [9.17, 15) is 15.0 Å². The van der Waals surface area contributed by atoms with Crippen LogP contribution in [0.15, 0.2) is 24.5 Å². The lowest BCUT2D eigenvalue weighted by Gasteiger charge is -2.33. The molecule has 0 spiro atoms. The second kappa shape index (κ2) is 5.62. The standard InChI is InChI=1S/C12H15NO6/c14-5-8-6-19-11(10(16)9(8)15)13-3-1-2-7(4-13)12(17)18/h1-4,8-11,14-16H,5-6H2/p+1/t8-,9-,10+,11+/m0/s1. The first kappa shape index (κ1) is 13.9. The van der Waals surface area contributed by atoms with Gasteiger partial charge in [-0.05, 0) is 6.07 Å². The quantitative estimate of drug-likeness (QED) is 0.499. The highest BCUT2D eigenvalue weighted by Crippen LogP contribution is 2.23. The Bertz CT molecular complexity index is 465. The van der Waals surface area contributed by atoms with Crippen LogP contribution in [-0.4, -0.2) is 51.8 Å². The van der Waals surface area contributed by atoms with E-state index in [1.165, 1.54) is 22.9 Å². The van der Waals surface area contributed by atoms with E-state index in [-0.39, 0.29) is 18.8 Å². The maximum absolute atomic E-state index is 10.9. The van der Waals surface area contributed by atoms with Crippen molar-refractivity contribution in [2.24, 2.45) is 5.92 Å². The number of carbonyl (C=O) groups is 1. The second-order valence-corrected chi connectivity index (χ2v) is 4.49. The molecule has 0 unspecified atom stereocenters. The number of nitrogens with zero attached hydrogens (tertiary/aromatic N) is 1. The van der Waals surface area contributed by atoms with E-state index in [4.69, 9.17) is 14.9 Å². The summed E-state index contributed by atoms with van der Waals surface area (Å²) in [4.78, 5) is 10.9. The molecule has 7 nitrogen and oxygen atoms in total. The minimum Gasteiger partial charge on any atom is -0.477 e. The number of carboxylic acid groups (broad SMARTS) is 1. The lowest BCUT2D eigenvalue weighted by molar-refractivity contribution is -0.775. The summed E-state index contributed by atoms with van der Waals surface area (Å²) in [7, 11) is 0. The molecule has 1 fully saturated rings. The molecular weight excluding hydrogens is 254 g/mol. The van der Waals surface area contributed by atoms with E-state index in [1.54, 1.807) is 6.20 Å². The van der Waals surface area contributed by atoms with Crippen molar-refractivity contribution < 1.29 is 34.5 Å². The highest BCUT2D eigenvalue weighted by Gasteiger charge is 2.43. The Kier molecular flexibility index (Phi) is 4.11. The Labute approximate surface area is 109 Å². The van der Waals surface area contributed by atoms with Crippen molar-refractivity contribution in [1.82, 2.24) is 0 Å². The summed E-state index contributed by atoms with van der Waals surface area (Å²) in [6.45, 7) is -0.200. The van der Waals surface area contributed by atoms with Gasteiger partial charge in [0, 0.05) is 12.0 Å². The van der Waals surface area contributed by atoms with Crippen LogP contribution in [-0.2, 0) is 4.74 Å². The fourth-order valence-corrected chi connectivity index (χ4v) is 2.07. The van der Waals surface area contributed by atoms with E-state index >= 15 is 0 Å². The molecule has 1 aromatic heterocycles. The fourth-order valence-electron chi connectivity index (χ4n) is 2.07. The molecule has 1 aromatic rings. The number of aromatic carboxylic acids is 1. The largest absolute Gasteiger partial charge is 0.477 e. The van der Waals surface area contributed by atoms with Gasteiger partial charge in [0.05, 0.1) is 19.3 Å². The van der Waals surface area contributed by atoms with Gasteiger partial charge in [0.2, 0.25) is 0 Å². The van der Waals surface area contributed by atoms with E-state index in [0.717, 1.165) is 0 Å². The Hall–Kier alpha value is -1.54. The van der Waals surface area contributed by atoms with Gasteiger partial charge in [0.1, 0.15) is 5.56 Å². The topological polar surface area (TPSA) is 111 Å². The molecule has 1 saturated heterocycles. The number of rotatable bonds is 3. The summed E-state index contributed by atoms with van der Waals surface area (Å²) in [6, 6.07) is 2.94. The monoisotopic (exact) mass is 270 g/mol. The lowest BCUT2D eigenvalue weighted by Crippen LogP contribution is -2.57. The van der Waals surface area contributed by atoms with Crippen molar-refractivity contribution in [2.45, 2.75) is 18.4 Å². The highest BCUT2D eigenvalue weighted by atomic mass is 16.5. The van der Waals surface area contributed by atoms with Gasteiger partial charge in [-0.2, -0.15) is 4.57 Å². The zero-order chi connectivity index (χ0) is 14.0. The summed E-state index contributed by atoms with van der Waals surface area (Å²) in [5, 5.41) is 37.7. The molecule has 4 atom stereocenters. The smallest absolute Gasteiger partial charge is 0.341 e. The molecule has 104 valence electrons. The number of ether oxygens (including phenoxy) is 1. The van der Waals surface area contributed by atoms with Crippen LogP contribution in [0.1, 0.15) is 16.6 Å². The predicted octanol–water partition coefficient (Wildman–Crippen LogP) is -1.47. The molecule has 0 radical (unpaired) electrons. The van der Waals surface area contributed by atoms with E-state index in [1.807, 2.05) is 0 Å². The minimum absolute atomic E-state index is 0.0528.